The maximum atomic E-state index is 6.26. The van der Waals surface area contributed by atoms with E-state index in [1.165, 1.54) is 0 Å². The number of aryl methyl sites for hydroxylation is 1. The van der Waals surface area contributed by atoms with Gasteiger partial charge in [-0.15, -0.1) is 5.10 Å². The molecule has 1 N–H and O–H groups in total. The summed E-state index contributed by atoms with van der Waals surface area (Å²) in [4.78, 5) is 0. The Labute approximate surface area is 129 Å². The van der Waals surface area contributed by atoms with Crippen LogP contribution in [0.15, 0.2) is 24.4 Å². The fraction of sp³-hybridized carbons (Fsp3) is 0.429. The monoisotopic (exact) mass is 312 g/mol. The highest BCUT2D eigenvalue weighted by molar-refractivity contribution is 6.36. The van der Waals surface area contributed by atoms with Gasteiger partial charge in [-0.2, -0.15) is 0 Å². The molecule has 0 bridgehead atoms. The number of nitrogens with zero attached hydrogens (tertiary/aromatic N) is 3. The van der Waals surface area contributed by atoms with Crippen molar-refractivity contribution in [2.45, 2.75) is 25.8 Å². The van der Waals surface area contributed by atoms with E-state index in [1.807, 2.05) is 25.2 Å². The van der Waals surface area contributed by atoms with Crippen LogP contribution < -0.4 is 5.32 Å². The van der Waals surface area contributed by atoms with Crippen molar-refractivity contribution in [2.75, 3.05) is 6.54 Å². The Hall–Kier alpha value is -1.10. The van der Waals surface area contributed by atoms with Gasteiger partial charge in [-0.05, 0) is 37.1 Å². The van der Waals surface area contributed by atoms with Crippen molar-refractivity contribution in [1.82, 2.24) is 20.3 Å². The number of aromatic nitrogens is 3. The normalized spacial score (nSPS) is 12.6. The fourth-order valence-electron chi connectivity index (χ4n) is 2.14. The summed E-state index contributed by atoms with van der Waals surface area (Å²) >= 11 is 12.5. The summed E-state index contributed by atoms with van der Waals surface area (Å²) in [6.45, 7) is 3.05. The molecule has 1 unspecified atom stereocenters. The van der Waals surface area contributed by atoms with Crippen LogP contribution in [0.4, 0.5) is 0 Å². The Morgan fingerprint density at radius 3 is 2.55 bits per heavy atom. The maximum absolute atomic E-state index is 6.26. The topological polar surface area (TPSA) is 42.7 Å². The van der Waals surface area contributed by atoms with Crippen molar-refractivity contribution in [2.24, 2.45) is 7.05 Å². The molecule has 0 saturated heterocycles. The van der Waals surface area contributed by atoms with Gasteiger partial charge >= 0.3 is 0 Å². The molecule has 0 aliphatic heterocycles. The molecule has 1 atom stereocenters. The van der Waals surface area contributed by atoms with E-state index in [9.17, 15) is 0 Å². The molecule has 108 valence electrons. The van der Waals surface area contributed by atoms with Gasteiger partial charge in [0.15, 0.2) is 0 Å². The zero-order chi connectivity index (χ0) is 14.5. The summed E-state index contributed by atoms with van der Waals surface area (Å²) in [5, 5.41) is 12.8. The van der Waals surface area contributed by atoms with Crippen LogP contribution in [0.3, 0.4) is 0 Å². The van der Waals surface area contributed by atoms with Crippen molar-refractivity contribution in [3.05, 3.63) is 45.7 Å². The highest BCUT2D eigenvalue weighted by Gasteiger charge is 2.18. The Morgan fingerprint density at radius 1 is 1.30 bits per heavy atom. The van der Waals surface area contributed by atoms with Crippen LogP contribution in [0.1, 0.15) is 30.6 Å². The Morgan fingerprint density at radius 2 is 2.00 bits per heavy atom. The Bertz CT molecular complexity index is 548. The first-order valence-corrected chi connectivity index (χ1v) is 7.40. The third kappa shape index (κ3) is 3.51. The number of hydrogen-bond acceptors (Lipinski definition) is 3. The molecule has 0 aliphatic rings. The Balaban J connectivity index is 2.26. The first-order valence-electron chi connectivity index (χ1n) is 6.64. The number of benzene rings is 1. The SMILES string of the molecule is CCCNC(Cc1c(Cl)cccc1Cl)c1cnnn1C. The van der Waals surface area contributed by atoms with Gasteiger partial charge in [-0.3, -0.25) is 4.68 Å². The third-order valence-electron chi connectivity index (χ3n) is 3.22. The molecule has 6 heteroatoms. The van der Waals surface area contributed by atoms with Crippen LogP contribution >= 0.6 is 23.2 Å². The summed E-state index contributed by atoms with van der Waals surface area (Å²) in [6.07, 6.45) is 3.54. The molecule has 1 heterocycles. The minimum atomic E-state index is 0.0901. The summed E-state index contributed by atoms with van der Waals surface area (Å²) < 4.78 is 1.78. The van der Waals surface area contributed by atoms with Gasteiger partial charge in [0, 0.05) is 17.1 Å². The number of rotatable bonds is 6. The van der Waals surface area contributed by atoms with Crippen LogP contribution in [0.5, 0.6) is 0 Å². The predicted molar refractivity (Wildman–Crippen MR) is 82.2 cm³/mol. The molecular weight excluding hydrogens is 295 g/mol. The van der Waals surface area contributed by atoms with E-state index in [0.29, 0.717) is 16.5 Å². The van der Waals surface area contributed by atoms with Crippen molar-refractivity contribution in [3.8, 4) is 0 Å². The second kappa shape index (κ2) is 7.07. The molecular formula is C14H18Cl2N4. The molecule has 0 spiro atoms. The number of hydrogen-bond donors (Lipinski definition) is 1. The highest BCUT2D eigenvalue weighted by atomic mass is 35.5. The quantitative estimate of drug-likeness (QED) is 0.889. The Kier molecular flexibility index (Phi) is 5.40. The largest absolute Gasteiger partial charge is 0.308 e. The first-order chi connectivity index (χ1) is 9.63. The van der Waals surface area contributed by atoms with Gasteiger partial charge in [0.1, 0.15) is 0 Å². The predicted octanol–water partition coefficient (Wildman–Crippen LogP) is 3.41. The van der Waals surface area contributed by atoms with Crippen LogP contribution in [0.25, 0.3) is 0 Å². The van der Waals surface area contributed by atoms with E-state index in [4.69, 9.17) is 23.2 Å². The molecule has 0 saturated carbocycles. The number of nitrogens with one attached hydrogen (secondary N) is 1. The van der Waals surface area contributed by atoms with Crippen molar-refractivity contribution < 1.29 is 0 Å². The second-order valence-electron chi connectivity index (χ2n) is 4.69. The summed E-state index contributed by atoms with van der Waals surface area (Å²) in [5.41, 5.74) is 1.97. The molecule has 0 radical (unpaired) electrons. The molecule has 1 aromatic heterocycles. The van der Waals surface area contributed by atoms with Gasteiger partial charge < -0.3 is 5.32 Å². The van der Waals surface area contributed by atoms with Gasteiger partial charge in [0.2, 0.25) is 0 Å². The molecule has 0 amide bonds. The van der Waals surface area contributed by atoms with E-state index in [0.717, 1.165) is 24.2 Å². The molecule has 0 fully saturated rings. The van der Waals surface area contributed by atoms with E-state index in [-0.39, 0.29) is 6.04 Å². The lowest BCUT2D eigenvalue weighted by atomic mass is 10.0. The van der Waals surface area contributed by atoms with E-state index < -0.39 is 0 Å². The van der Waals surface area contributed by atoms with E-state index in [2.05, 4.69) is 22.6 Å². The van der Waals surface area contributed by atoms with Crippen LogP contribution in [-0.2, 0) is 13.5 Å². The van der Waals surface area contributed by atoms with Gasteiger partial charge in [-0.25, -0.2) is 0 Å². The maximum Gasteiger partial charge on any atom is 0.0756 e. The van der Waals surface area contributed by atoms with Crippen molar-refractivity contribution in [1.29, 1.82) is 0 Å². The lowest BCUT2D eigenvalue weighted by Gasteiger charge is -2.19. The average Bonchev–Trinajstić information content (AvgIpc) is 2.84. The minimum absolute atomic E-state index is 0.0901. The van der Waals surface area contributed by atoms with Crippen LogP contribution in [0.2, 0.25) is 10.0 Å². The number of halogens is 2. The summed E-state index contributed by atoms with van der Waals surface area (Å²) in [7, 11) is 1.89. The van der Waals surface area contributed by atoms with Crippen molar-refractivity contribution in [3.63, 3.8) is 0 Å². The van der Waals surface area contributed by atoms with E-state index >= 15 is 0 Å². The zero-order valence-electron chi connectivity index (χ0n) is 11.6. The van der Waals surface area contributed by atoms with Gasteiger partial charge in [0.05, 0.1) is 17.9 Å². The molecule has 20 heavy (non-hydrogen) atoms. The van der Waals surface area contributed by atoms with Gasteiger partial charge in [-0.1, -0.05) is 41.4 Å². The summed E-state index contributed by atoms with van der Waals surface area (Å²) in [5.74, 6) is 0. The summed E-state index contributed by atoms with van der Waals surface area (Å²) in [6, 6.07) is 5.67. The zero-order valence-corrected chi connectivity index (χ0v) is 13.1. The standard InChI is InChI=1S/C14H18Cl2N4/c1-3-7-17-13(14-9-18-19-20(14)2)8-10-11(15)5-4-6-12(10)16/h4-6,9,13,17H,3,7-8H2,1-2H3. The lowest BCUT2D eigenvalue weighted by Crippen LogP contribution is -2.26. The van der Waals surface area contributed by atoms with Crippen molar-refractivity contribution >= 4 is 23.2 Å². The average molecular weight is 313 g/mol. The van der Waals surface area contributed by atoms with Crippen LogP contribution in [0, 0.1) is 0 Å². The third-order valence-corrected chi connectivity index (χ3v) is 3.93. The lowest BCUT2D eigenvalue weighted by molar-refractivity contribution is 0.492. The molecule has 2 aromatic rings. The van der Waals surface area contributed by atoms with E-state index in [1.54, 1.807) is 10.9 Å². The molecule has 0 aliphatic carbocycles. The second-order valence-corrected chi connectivity index (χ2v) is 5.51. The minimum Gasteiger partial charge on any atom is -0.308 e. The molecule has 1 aromatic carbocycles. The molecule has 4 nitrogen and oxygen atoms in total. The molecule has 2 rings (SSSR count). The fourth-order valence-corrected chi connectivity index (χ4v) is 2.70. The first kappa shape index (κ1) is 15.3. The highest BCUT2D eigenvalue weighted by Crippen LogP contribution is 2.29. The van der Waals surface area contributed by atoms with Gasteiger partial charge in [0.25, 0.3) is 0 Å². The van der Waals surface area contributed by atoms with Crippen LogP contribution in [-0.4, -0.2) is 21.5 Å². The smallest absolute Gasteiger partial charge is 0.0756 e.